The van der Waals surface area contributed by atoms with Gasteiger partial charge in [-0.1, -0.05) is 13.8 Å². The van der Waals surface area contributed by atoms with Crippen molar-refractivity contribution in [3.8, 4) is 0 Å². The van der Waals surface area contributed by atoms with E-state index in [9.17, 15) is 4.79 Å². The highest BCUT2D eigenvalue weighted by atomic mass is 16.1. The molecule has 84 valence electrons. The van der Waals surface area contributed by atoms with Gasteiger partial charge in [0.15, 0.2) is 0 Å². The van der Waals surface area contributed by atoms with Crippen molar-refractivity contribution in [3.63, 3.8) is 0 Å². The Morgan fingerprint density at radius 1 is 1.47 bits per heavy atom. The molecular formula is C10H18N4O. The standard InChI is InChI=1S/C10H18N4O/c1-6(2)9(10(12)15)14-5-13-4-8(14)7(3)11/h4-7,9H,11H2,1-3H3,(H2,12,15). The summed E-state index contributed by atoms with van der Waals surface area (Å²) in [6.07, 6.45) is 3.27. The molecule has 1 heterocycles. The fourth-order valence-corrected chi connectivity index (χ4v) is 1.69. The average Bonchev–Trinajstić information content (AvgIpc) is 2.51. The molecule has 0 saturated carbocycles. The number of hydrogen-bond acceptors (Lipinski definition) is 3. The maximum absolute atomic E-state index is 11.3. The van der Waals surface area contributed by atoms with Crippen LogP contribution in [0, 0.1) is 5.92 Å². The summed E-state index contributed by atoms with van der Waals surface area (Å²) in [6.45, 7) is 5.74. The van der Waals surface area contributed by atoms with Crippen LogP contribution in [0.3, 0.4) is 0 Å². The van der Waals surface area contributed by atoms with Gasteiger partial charge < -0.3 is 16.0 Å². The zero-order chi connectivity index (χ0) is 11.6. The molecule has 0 aromatic carbocycles. The molecule has 2 unspecified atom stereocenters. The Balaban J connectivity index is 3.11. The molecule has 5 heteroatoms. The van der Waals surface area contributed by atoms with Gasteiger partial charge >= 0.3 is 0 Å². The molecule has 0 spiro atoms. The first kappa shape index (κ1) is 11.7. The minimum atomic E-state index is -0.381. The number of rotatable bonds is 4. The lowest BCUT2D eigenvalue weighted by Gasteiger charge is -2.22. The predicted octanol–water partition coefficient (Wildman–Crippen LogP) is 0.585. The van der Waals surface area contributed by atoms with Crippen molar-refractivity contribution >= 4 is 5.91 Å². The maximum Gasteiger partial charge on any atom is 0.240 e. The van der Waals surface area contributed by atoms with E-state index >= 15 is 0 Å². The molecule has 4 N–H and O–H groups in total. The highest BCUT2D eigenvalue weighted by Gasteiger charge is 2.24. The Hall–Kier alpha value is -1.36. The Bertz CT molecular complexity index is 343. The molecule has 15 heavy (non-hydrogen) atoms. The van der Waals surface area contributed by atoms with Gasteiger partial charge in [-0.15, -0.1) is 0 Å². The van der Waals surface area contributed by atoms with E-state index in [0.717, 1.165) is 5.69 Å². The van der Waals surface area contributed by atoms with Crippen LogP contribution in [0.5, 0.6) is 0 Å². The number of aromatic nitrogens is 2. The summed E-state index contributed by atoms with van der Waals surface area (Å²) < 4.78 is 1.76. The Morgan fingerprint density at radius 3 is 2.47 bits per heavy atom. The average molecular weight is 210 g/mol. The van der Waals surface area contributed by atoms with Crippen molar-refractivity contribution in [2.75, 3.05) is 0 Å². The Kier molecular flexibility index (Phi) is 3.47. The van der Waals surface area contributed by atoms with E-state index in [1.807, 2.05) is 20.8 Å². The van der Waals surface area contributed by atoms with E-state index in [-0.39, 0.29) is 23.9 Å². The molecule has 1 aromatic heterocycles. The third-order valence-corrected chi connectivity index (χ3v) is 2.39. The van der Waals surface area contributed by atoms with Crippen LogP contribution in [-0.2, 0) is 4.79 Å². The first-order chi connectivity index (χ1) is 6.95. The van der Waals surface area contributed by atoms with E-state index in [1.54, 1.807) is 17.1 Å². The lowest BCUT2D eigenvalue weighted by Crippen LogP contribution is -2.32. The predicted molar refractivity (Wildman–Crippen MR) is 57.9 cm³/mol. The normalized spacial score (nSPS) is 15.3. The molecule has 0 fully saturated rings. The number of imidazole rings is 1. The zero-order valence-electron chi connectivity index (χ0n) is 9.34. The minimum Gasteiger partial charge on any atom is -0.368 e. The van der Waals surface area contributed by atoms with Crippen LogP contribution in [0.2, 0.25) is 0 Å². The number of primary amides is 1. The van der Waals surface area contributed by atoms with Gasteiger partial charge in [0, 0.05) is 12.2 Å². The quantitative estimate of drug-likeness (QED) is 0.762. The summed E-state index contributed by atoms with van der Waals surface area (Å²) in [4.78, 5) is 15.4. The lowest BCUT2D eigenvalue weighted by atomic mass is 10.0. The van der Waals surface area contributed by atoms with Gasteiger partial charge in [0.05, 0.1) is 12.0 Å². The number of nitrogens with zero attached hydrogens (tertiary/aromatic N) is 2. The fourth-order valence-electron chi connectivity index (χ4n) is 1.69. The Morgan fingerprint density at radius 2 is 2.07 bits per heavy atom. The van der Waals surface area contributed by atoms with Crippen LogP contribution in [-0.4, -0.2) is 15.5 Å². The van der Waals surface area contributed by atoms with E-state index in [1.165, 1.54) is 0 Å². The van der Waals surface area contributed by atoms with Gasteiger partial charge in [0.1, 0.15) is 6.04 Å². The van der Waals surface area contributed by atoms with Gasteiger partial charge in [-0.3, -0.25) is 4.79 Å². The number of carbonyl (C=O) groups is 1. The molecule has 5 nitrogen and oxygen atoms in total. The minimum absolute atomic E-state index is 0.120. The highest BCUT2D eigenvalue weighted by Crippen LogP contribution is 2.21. The number of carbonyl (C=O) groups excluding carboxylic acids is 1. The van der Waals surface area contributed by atoms with Gasteiger partial charge in [-0.25, -0.2) is 4.98 Å². The molecule has 1 rings (SSSR count). The molecule has 1 amide bonds. The fraction of sp³-hybridized carbons (Fsp3) is 0.600. The SMILES string of the molecule is CC(N)c1cncn1C(C(N)=O)C(C)C. The molecular weight excluding hydrogens is 192 g/mol. The van der Waals surface area contributed by atoms with Gasteiger partial charge in [0.25, 0.3) is 0 Å². The number of amides is 1. The van der Waals surface area contributed by atoms with Gasteiger partial charge in [0.2, 0.25) is 5.91 Å². The molecule has 0 bridgehead atoms. The van der Waals surface area contributed by atoms with Crippen molar-refractivity contribution in [3.05, 3.63) is 18.2 Å². The molecule has 0 aliphatic rings. The second-order valence-electron chi connectivity index (χ2n) is 4.11. The van der Waals surface area contributed by atoms with Crippen LogP contribution >= 0.6 is 0 Å². The molecule has 2 atom stereocenters. The molecule has 0 radical (unpaired) electrons. The van der Waals surface area contributed by atoms with Crippen molar-refractivity contribution in [2.24, 2.45) is 17.4 Å². The maximum atomic E-state index is 11.3. The summed E-state index contributed by atoms with van der Waals surface area (Å²) in [5.74, 6) is -0.237. The van der Waals surface area contributed by atoms with E-state index < -0.39 is 0 Å². The second kappa shape index (κ2) is 4.44. The van der Waals surface area contributed by atoms with Gasteiger partial charge in [-0.2, -0.15) is 0 Å². The third-order valence-electron chi connectivity index (χ3n) is 2.39. The first-order valence-electron chi connectivity index (χ1n) is 5.01. The molecule has 0 aliphatic heterocycles. The van der Waals surface area contributed by atoms with Crippen molar-refractivity contribution in [1.82, 2.24) is 9.55 Å². The van der Waals surface area contributed by atoms with Crippen LogP contribution in [0.4, 0.5) is 0 Å². The lowest BCUT2D eigenvalue weighted by molar-refractivity contribution is -0.122. The summed E-state index contributed by atoms with van der Waals surface area (Å²) in [5.41, 5.74) is 12.0. The first-order valence-corrected chi connectivity index (χ1v) is 5.01. The van der Waals surface area contributed by atoms with Crippen LogP contribution in [0.15, 0.2) is 12.5 Å². The Labute approximate surface area is 89.5 Å². The zero-order valence-corrected chi connectivity index (χ0v) is 9.34. The van der Waals surface area contributed by atoms with Crippen LogP contribution in [0.1, 0.15) is 38.5 Å². The molecule has 1 aromatic rings. The summed E-state index contributed by atoms with van der Waals surface area (Å²) in [6, 6.07) is -0.540. The largest absolute Gasteiger partial charge is 0.368 e. The van der Waals surface area contributed by atoms with E-state index in [2.05, 4.69) is 4.98 Å². The number of hydrogen-bond donors (Lipinski definition) is 2. The number of nitrogens with two attached hydrogens (primary N) is 2. The second-order valence-corrected chi connectivity index (χ2v) is 4.11. The van der Waals surface area contributed by atoms with Crippen molar-refractivity contribution in [2.45, 2.75) is 32.9 Å². The molecule has 0 aliphatic carbocycles. The van der Waals surface area contributed by atoms with E-state index in [0.29, 0.717) is 0 Å². The summed E-state index contributed by atoms with van der Waals surface area (Å²) in [5, 5.41) is 0. The van der Waals surface area contributed by atoms with Crippen molar-refractivity contribution in [1.29, 1.82) is 0 Å². The molecule has 0 saturated heterocycles. The van der Waals surface area contributed by atoms with E-state index in [4.69, 9.17) is 11.5 Å². The smallest absolute Gasteiger partial charge is 0.240 e. The monoisotopic (exact) mass is 210 g/mol. The highest BCUT2D eigenvalue weighted by molar-refractivity contribution is 5.78. The van der Waals surface area contributed by atoms with Crippen LogP contribution in [0.25, 0.3) is 0 Å². The van der Waals surface area contributed by atoms with Gasteiger partial charge in [-0.05, 0) is 12.8 Å². The van der Waals surface area contributed by atoms with Crippen LogP contribution < -0.4 is 11.5 Å². The summed E-state index contributed by atoms with van der Waals surface area (Å²) in [7, 11) is 0. The third kappa shape index (κ3) is 2.36. The summed E-state index contributed by atoms with van der Waals surface area (Å²) >= 11 is 0. The van der Waals surface area contributed by atoms with Crippen molar-refractivity contribution < 1.29 is 4.79 Å². The topological polar surface area (TPSA) is 86.9 Å².